The highest BCUT2D eigenvalue weighted by Gasteiger charge is 1.96. The lowest BCUT2D eigenvalue weighted by Gasteiger charge is -2.05. The molecule has 1 aromatic carbocycles. The molecule has 0 spiro atoms. The summed E-state index contributed by atoms with van der Waals surface area (Å²) in [6, 6.07) is 9.80. The summed E-state index contributed by atoms with van der Waals surface area (Å²) < 4.78 is 5.45. The summed E-state index contributed by atoms with van der Waals surface area (Å²) in [6.45, 7) is 2.26. The Labute approximate surface area is 94.7 Å². The van der Waals surface area contributed by atoms with Crippen molar-refractivity contribution in [2.45, 2.75) is 20.0 Å². The van der Waals surface area contributed by atoms with E-state index >= 15 is 0 Å². The van der Waals surface area contributed by atoms with Crippen molar-refractivity contribution >= 4 is 0 Å². The molecule has 0 N–H and O–H groups in total. The summed E-state index contributed by atoms with van der Waals surface area (Å²) in [7, 11) is 0. The van der Waals surface area contributed by atoms with E-state index in [1.165, 1.54) is 0 Å². The number of hydrogen-bond acceptors (Lipinski definition) is 3. The van der Waals surface area contributed by atoms with Gasteiger partial charge in [-0.2, -0.15) is 0 Å². The minimum Gasteiger partial charge on any atom is -0.494 e. The van der Waals surface area contributed by atoms with Crippen molar-refractivity contribution in [1.29, 1.82) is 0 Å². The molecule has 1 aromatic rings. The van der Waals surface area contributed by atoms with E-state index in [1.54, 1.807) is 6.08 Å². The average molecular weight is 221 g/mol. The van der Waals surface area contributed by atoms with Gasteiger partial charge in [0.25, 0.3) is 0 Å². The van der Waals surface area contributed by atoms with Gasteiger partial charge in [-0.1, -0.05) is 30.3 Å². The van der Waals surface area contributed by atoms with Gasteiger partial charge in [0, 0.05) is 11.3 Å². The van der Waals surface area contributed by atoms with Gasteiger partial charge in [-0.3, -0.25) is 10.1 Å². The molecule has 0 saturated heterocycles. The molecule has 86 valence electrons. The fourth-order valence-electron chi connectivity index (χ4n) is 1.20. The molecule has 0 aliphatic rings. The van der Waals surface area contributed by atoms with E-state index in [1.807, 2.05) is 37.3 Å². The molecule has 0 unspecified atom stereocenters. The van der Waals surface area contributed by atoms with Gasteiger partial charge in [-0.15, -0.1) is 0 Å². The molecule has 4 nitrogen and oxygen atoms in total. The lowest BCUT2D eigenvalue weighted by atomic mass is 10.2. The van der Waals surface area contributed by atoms with Gasteiger partial charge in [-0.05, 0) is 18.6 Å². The van der Waals surface area contributed by atoms with Gasteiger partial charge in [0.2, 0.25) is 6.54 Å². The van der Waals surface area contributed by atoms with Crippen LogP contribution >= 0.6 is 0 Å². The van der Waals surface area contributed by atoms with Crippen LogP contribution in [-0.2, 0) is 11.3 Å². The highest BCUT2D eigenvalue weighted by Crippen LogP contribution is 2.05. The molecule has 0 radical (unpaired) electrons. The van der Waals surface area contributed by atoms with Crippen LogP contribution in [-0.4, -0.2) is 11.5 Å². The molecular weight excluding hydrogens is 206 g/mol. The molecule has 0 aromatic heterocycles. The summed E-state index contributed by atoms with van der Waals surface area (Å²) in [5.74, 6) is 0.728. The van der Waals surface area contributed by atoms with Crippen molar-refractivity contribution in [1.82, 2.24) is 0 Å². The van der Waals surface area contributed by atoms with Crippen molar-refractivity contribution in [3.05, 3.63) is 57.8 Å². The van der Waals surface area contributed by atoms with Crippen molar-refractivity contribution in [2.75, 3.05) is 6.54 Å². The number of rotatable bonds is 6. The lowest BCUT2D eigenvalue weighted by Crippen LogP contribution is -1.99. The van der Waals surface area contributed by atoms with Gasteiger partial charge in [-0.25, -0.2) is 0 Å². The highest BCUT2D eigenvalue weighted by molar-refractivity contribution is 5.13. The maximum Gasteiger partial charge on any atom is 0.207 e. The fraction of sp³-hybridized carbons (Fsp3) is 0.333. The third-order valence-electron chi connectivity index (χ3n) is 2.05. The van der Waals surface area contributed by atoms with E-state index in [0.717, 1.165) is 11.3 Å². The minimum atomic E-state index is -0.332. The summed E-state index contributed by atoms with van der Waals surface area (Å²) in [4.78, 5) is 9.76. The zero-order chi connectivity index (χ0) is 11.8. The van der Waals surface area contributed by atoms with Crippen LogP contribution in [0.5, 0.6) is 0 Å². The first kappa shape index (κ1) is 12.2. The molecule has 0 aliphatic carbocycles. The Balaban J connectivity index is 2.29. The van der Waals surface area contributed by atoms with E-state index in [4.69, 9.17) is 4.74 Å². The molecule has 0 amide bonds. The van der Waals surface area contributed by atoms with Crippen LogP contribution in [0.3, 0.4) is 0 Å². The number of nitro groups is 1. The molecular formula is C12H15NO3. The van der Waals surface area contributed by atoms with Crippen molar-refractivity contribution < 1.29 is 9.66 Å². The predicted octanol–water partition coefficient (Wildman–Crippen LogP) is 2.77. The van der Waals surface area contributed by atoms with Crippen LogP contribution in [0.4, 0.5) is 0 Å². The summed E-state index contributed by atoms with van der Waals surface area (Å²) in [5, 5.41) is 10.1. The molecule has 4 heteroatoms. The summed E-state index contributed by atoms with van der Waals surface area (Å²) in [6.07, 6.45) is 2.15. The second-order valence-electron chi connectivity index (χ2n) is 3.43. The van der Waals surface area contributed by atoms with Gasteiger partial charge in [0.1, 0.15) is 6.61 Å². The number of hydrogen-bond donors (Lipinski definition) is 0. The quantitative estimate of drug-likeness (QED) is 0.421. The largest absolute Gasteiger partial charge is 0.494 e. The van der Waals surface area contributed by atoms with Crippen molar-refractivity contribution in [3.63, 3.8) is 0 Å². The van der Waals surface area contributed by atoms with Gasteiger partial charge in [0.15, 0.2) is 0 Å². The van der Waals surface area contributed by atoms with E-state index < -0.39 is 0 Å². The minimum absolute atomic E-state index is 0.0496. The maximum atomic E-state index is 10.1. The Bertz CT molecular complexity index is 360. The zero-order valence-corrected chi connectivity index (χ0v) is 9.26. The first-order valence-electron chi connectivity index (χ1n) is 5.14. The van der Waals surface area contributed by atoms with Gasteiger partial charge < -0.3 is 4.74 Å². The van der Waals surface area contributed by atoms with Crippen molar-refractivity contribution in [2.24, 2.45) is 0 Å². The average Bonchev–Trinajstić information content (AvgIpc) is 2.27. The van der Waals surface area contributed by atoms with Crippen LogP contribution < -0.4 is 0 Å². The van der Waals surface area contributed by atoms with Crippen molar-refractivity contribution in [3.8, 4) is 0 Å². The lowest BCUT2D eigenvalue weighted by molar-refractivity contribution is -0.478. The van der Waals surface area contributed by atoms with Crippen LogP contribution in [0.2, 0.25) is 0 Å². The Morgan fingerprint density at radius 3 is 2.75 bits per heavy atom. The normalized spacial score (nSPS) is 11.2. The third kappa shape index (κ3) is 5.14. The van der Waals surface area contributed by atoms with Gasteiger partial charge in [0.05, 0.1) is 5.76 Å². The standard InChI is InChI=1S/C12H15NO3/c1-11(6-5-9-13(14)15)16-10-12-7-3-2-4-8-12/h2-4,6-8H,5,9-10H2,1H3/b11-6-. The highest BCUT2D eigenvalue weighted by atomic mass is 16.6. The molecule has 0 saturated carbocycles. The fourth-order valence-corrected chi connectivity index (χ4v) is 1.20. The molecule has 0 aliphatic heterocycles. The summed E-state index contributed by atoms with van der Waals surface area (Å²) >= 11 is 0. The van der Waals surface area contributed by atoms with E-state index in [9.17, 15) is 10.1 Å². The summed E-state index contributed by atoms with van der Waals surface area (Å²) in [5.41, 5.74) is 1.09. The predicted molar refractivity (Wildman–Crippen MR) is 61.5 cm³/mol. The Morgan fingerprint density at radius 2 is 2.12 bits per heavy atom. The number of nitrogens with zero attached hydrogens (tertiary/aromatic N) is 1. The monoisotopic (exact) mass is 221 g/mol. The molecule has 0 atom stereocenters. The van der Waals surface area contributed by atoms with Gasteiger partial charge >= 0.3 is 0 Å². The van der Waals surface area contributed by atoms with Crippen LogP contribution in [0.15, 0.2) is 42.2 Å². The molecule has 16 heavy (non-hydrogen) atoms. The van der Waals surface area contributed by atoms with E-state index in [-0.39, 0.29) is 11.5 Å². The van der Waals surface area contributed by atoms with E-state index in [0.29, 0.717) is 13.0 Å². The zero-order valence-electron chi connectivity index (χ0n) is 9.26. The Kier molecular flexibility index (Phi) is 5.05. The number of ether oxygens (including phenoxy) is 1. The third-order valence-corrected chi connectivity index (χ3v) is 2.05. The first-order chi connectivity index (χ1) is 7.68. The molecule has 0 fully saturated rings. The second-order valence-corrected chi connectivity index (χ2v) is 3.43. The topological polar surface area (TPSA) is 52.4 Å². The molecule has 1 rings (SSSR count). The van der Waals surface area contributed by atoms with E-state index in [2.05, 4.69) is 0 Å². The molecule has 0 bridgehead atoms. The van der Waals surface area contributed by atoms with Crippen LogP contribution in [0.25, 0.3) is 0 Å². The molecule has 0 heterocycles. The van der Waals surface area contributed by atoms with Crippen LogP contribution in [0.1, 0.15) is 18.9 Å². The first-order valence-corrected chi connectivity index (χ1v) is 5.14. The second kappa shape index (κ2) is 6.61. The SMILES string of the molecule is C/C(=C/CC[N+](=O)[O-])OCc1ccccc1. The number of allylic oxidation sites excluding steroid dienone is 1. The van der Waals surface area contributed by atoms with Crippen LogP contribution in [0, 0.1) is 10.1 Å². The number of benzene rings is 1. The Hall–Kier alpha value is -1.84. The Morgan fingerprint density at radius 1 is 1.44 bits per heavy atom. The maximum absolute atomic E-state index is 10.1. The smallest absolute Gasteiger partial charge is 0.207 e.